The number of carboxylic acid groups (broad SMARTS) is 1. The lowest BCUT2D eigenvalue weighted by molar-refractivity contribution is -0.138. The molecular formula is C10H9N7O2S. The maximum Gasteiger partial charge on any atom is 0.325 e. The number of fused-ring (bicyclic) bond motifs is 1. The maximum absolute atomic E-state index is 10.7. The molecule has 20 heavy (non-hydrogen) atoms. The van der Waals surface area contributed by atoms with Crippen molar-refractivity contribution in [2.45, 2.75) is 23.7 Å². The van der Waals surface area contributed by atoms with Crippen molar-refractivity contribution in [2.24, 2.45) is 0 Å². The van der Waals surface area contributed by atoms with Crippen LogP contribution in [0.1, 0.15) is 5.56 Å². The first-order valence-corrected chi connectivity index (χ1v) is 6.41. The lowest BCUT2D eigenvalue weighted by atomic mass is 10.3. The van der Waals surface area contributed by atoms with Gasteiger partial charge in [0.25, 0.3) is 0 Å². The first kappa shape index (κ1) is 12.5. The molecule has 0 fully saturated rings. The van der Waals surface area contributed by atoms with Gasteiger partial charge < -0.3 is 5.11 Å². The van der Waals surface area contributed by atoms with E-state index in [1.54, 1.807) is 4.52 Å². The second kappa shape index (κ2) is 4.89. The van der Waals surface area contributed by atoms with Crippen LogP contribution in [-0.2, 0) is 11.3 Å². The van der Waals surface area contributed by atoms with Crippen molar-refractivity contribution < 1.29 is 9.90 Å². The van der Waals surface area contributed by atoms with E-state index in [0.717, 1.165) is 10.6 Å². The number of nitrogens with zero attached hydrogens (tertiary/aromatic N) is 7. The normalized spacial score (nSPS) is 11.1. The van der Waals surface area contributed by atoms with Crippen molar-refractivity contribution in [3.8, 4) is 0 Å². The summed E-state index contributed by atoms with van der Waals surface area (Å²) in [5.74, 6) is -1.01. The molecule has 3 heterocycles. The number of carbonyl (C=O) groups is 1. The minimum atomic E-state index is -1.01. The van der Waals surface area contributed by atoms with Crippen LogP contribution in [-0.4, -0.2) is 45.9 Å². The van der Waals surface area contributed by atoms with Gasteiger partial charge in [-0.15, -0.1) is 5.10 Å². The minimum Gasteiger partial charge on any atom is -0.480 e. The maximum atomic E-state index is 10.7. The van der Waals surface area contributed by atoms with E-state index >= 15 is 0 Å². The number of carboxylic acids is 1. The Kier molecular flexibility index (Phi) is 3.06. The molecule has 0 atom stereocenters. The fraction of sp³-hybridized carbons (Fsp3) is 0.200. The van der Waals surface area contributed by atoms with Crippen LogP contribution in [0.4, 0.5) is 0 Å². The summed E-state index contributed by atoms with van der Waals surface area (Å²) < 4.78 is 2.87. The van der Waals surface area contributed by atoms with Crippen LogP contribution in [0.15, 0.2) is 28.6 Å². The highest BCUT2D eigenvalue weighted by atomic mass is 32.2. The van der Waals surface area contributed by atoms with Crippen LogP contribution >= 0.6 is 11.8 Å². The molecule has 0 amide bonds. The number of hydrogen-bond donors (Lipinski definition) is 1. The molecule has 102 valence electrons. The van der Waals surface area contributed by atoms with Gasteiger partial charge in [0.05, 0.1) is 0 Å². The van der Waals surface area contributed by atoms with Crippen molar-refractivity contribution >= 4 is 23.4 Å². The largest absolute Gasteiger partial charge is 0.480 e. The average molecular weight is 291 g/mol. The third kappa shape index (κ3) is 2.32. The molecule has 1 N–H and O–H groups in total. The van der Waals surface area contributed by atoms with E-state index in [9.17, 15) is 4.79 Å². The Morgan fingerprint density at radius 2 is 2.30 bits per heavy atom. The van der Waals surface area contributed by atoms with Crippen LogP contribution in [0.25, 0.3) is 5.65 Å². The fourth-order valence-corrected chi connectivity index (χ4v) is 2.63. The van der Waals surface area contributed by atoms with Crippen molar-refractivity contribution in [3.63, 3.8) is 0 Å². The third-order valence-corrected chi connectivity index (χ3v) is 3.45. The summed E-state index contributed by atoms with van der Waals surface area (Å²) in [4.78, 5) is 14.9. The molecule has 3 aromatic heterocycles. The summed E-state index contributed by atoms with van der Waals surface area (Å²) in [7, 11) is 0. The van der Waals surface area contributed by atoms with E-state index in [1.807, 2.05) is 19.1 Å². The van der Waals surface area contributed by atoms with E-state index in [-0.39, 0.29) is 6.54 Å². The zero-order chi connectivity index (χ0) is 14.1. The van der Waals surface area contributed by atoms with Crippen LogP contribution in [0.3, 0.4) is 0 Å². The van der Waals surface area contributed by atoms with Crippen molar-refractivity contribution in [1.82, 2.24) is 34.8 Å². The van der Waals surface area contributed by atoms with Crippen molar-refractivity contribution in [3.05, 3.63) is 24.0 Å². The van der Waals surface area contributed by atoms with Gasteiger partial charge >= 0.3 is 5.97 Å². The number of aromatic nitrogens is 7. The highest BCUT2D eigenvalue weighted by molar-refractivity contribution is 7.99. The molecule has 0 aliphatic carbocycles. The number of pyridine rings is 1. The van der Waals surface area contributed by atoms with Gasteiger partial charge in [0.2, 0.25) is 5.16 Å². The van der Waals surface area contributed by atoms with Crippen LogP contribution < -0.4 is 0 Å². The summed E-state index contributed by atoms with van der Waals surface area (Å²) >= 11 is 1.24. The highest BCUT2D eigenvalue weighted by Crippen LogP contribution is 2.26. The van der Waals surface area contributed by atoms with E-state index in [4.69, 9.17) is 5.11 Å². The number of hydrogen-bond acceptors (Lipinski definition) is 7. The summed E-state index contributed by atoms with van der Waals surface area (Å²) in [5.41, 5.74) is 1.73. The molecule has 0 saturated carbocycles. The summed E-state index contributed by atoms with van der Waals surface area (Å²) in [6.07, 6.45) is 1.46. The van der Waals surface area contributed by atoms with Gasteiger partial charge in [-0.3, -0.25) is 4.79 Å². The van der Waals surface area contributed by atoms with Crippen molar-refractivity contribution in [1.29, 1.82) is 0 Å². The number of tetrazole rings is 1. The Morgan fingerprint density at radius 3 is 3.10 bits per heavy atom. The lowest BCUT2D eigenvalue weighted by Gasteiger charge is -2.04. The van der Waals surface area contributed by atoms with Gasteiger partial charge in [-0.1, -0.05) is 0 Å². The molecule has 9 nitrogen and oxygen atoms in total. The Labute approximate surface area is 116 Å². The molecule has 0 saturated heterocycles. The van der Waals surface area contributed by atoms with Gasteiger partial charge in [-0.25, -0.2) is 14.2 Å². The number of aliphatic carboxylic acids is 1. The first-order valence-electron chi connectivity index (χ1n) is 5.59. The fourth-order valence-electron chi connectivity index (χ4n) is 1.68. The number of rotatable bonds is 4. The summed E-state index contributed by atoms with van der Waals surface area (Å²) in [6, 6.07) is 3.81. The van der Waals surface area contributed by atoms with E-state index in [1.165, 1.54) is 22.8 Å². The Hall–Kier alpha value is -2.49. The van der Waals surface area contributed by atoms with Gasteiger partial charge in [-0.2, -0.15) is 5.10 Å². The topological polar surface area (TPSA) is 111 Å². The zero-order valence-corrected chi connectivity index (χ0v) is 11.1. The average Bonchev–Trinajstić information content (AvgIpc) is 2.98. The van der Waals surface area contributed by atoms with E-state index in [0.29, 0.717) is 10.8 Å². The molecule has 3 aromatic rings. The molecular weight excluding hydrogens is 282 g/mol. The Morgan fingerprint density at radius 1 is 1.45 bits per heavy atom. The Bertz CT molecular complexity index is 781. The zero-order valence-electron chi connectivity index (χ0n) is 10.3. The van der Waals surface area contributed by atoms with Gasteiger partial charge in [-0.05, 0) is 46.8 Å². The van der Waals surface area contributed by atoms with Crippen LogP contribution in [0.2, 0.25) is 0 Å². The third-order valence-electron chi connectivity index (χ3n) is 2.47. The standard InChI is InChI=1S/C10H9N7O2S/c1-6-2-7-11-5-12-17(7)8(3-6)20-10-13-14-15-16(10)4-9(18)19/h2-3,5H,4H2,1H3,(H,18,19). The molecule has 0 unspecified atom stereocenters. The SMILES string of the molecule is Cc1cc(Sc2nnnn2CC(=O)O)n2ncnc2c1. The van der Waals surface area contributed by atoms with E-state index in [2.05, 4.69) is 25.6 Å². The predicted octanol–water partition coefficient (Wildman–Crippen LogP) is 0.260. The van der Waals surface area contributed by atoms with Gasteiger partial charge in [0.15, 0.2) is 5.65 Å². The van der Waals surface area contributed by atoms with Gasteiger partial charge in [0.1, 0.15) is 17.9 Å². The molecule has 0 aromatic carbocycles. The minimum absolute atomic E-state index is 0.290. The second-order valence-corrected chi connectivity index (χ2v) is 5.00. The molecule has 0 radical (unpaired) electrons. The predicted molar refractivity (Wildman–Crippen MR) is 67.3 cm³/mol. The molecule has 0 aliphatic rings. The Balaban J connectivity index is 1.99. The molecule has 0 bridgehead atoms. The summed E-state index contributed by atoms with van der Waals surface area (Å²) in [6.45, 7) is 1.65. The van der Waals surface area contributed by atoms with Crippen LogP contribution in [0, 0.1) is 6.92 Å². The number of aryl methyl sites for hydroxylation is 1. The second-order valence-electron chi connectivity index (χ2n) is 4.02. The quantitative estimate of drug-likeness (QED) is 0.728. The molecule has 3 rings (SSSR count). The highest BCUT2D eigenvalue weighted by Gasteiger charge is 2.14. The molecule has 0 aliphatic heterocycles. The molecule has 0 spiro atoms. The smallest absolute Gasteiger partial charge is 0.325 e. The van der Waals surface area contributed by atoms with Crippen molar-refractivity contribution in [2.75, 3.05) is 0 Å². The van der Waals surface area contributed by atoms with Gasteiger partial charge in [0, 0.05) is 0 Å². The van der Waals surface area contributed by atoms with Crippen LogP contribution in [0.5, 0.6) is 0 Å². The molecule has 10 heteroatoms. The van der Waals surface area contributed by atoms with E-state index < -0.39 is 5.97 Å². The lowest BCUT2D eigenvalue weighted by Crippen LogP contribution is -2.11. The summed E-state index contributed by atoms with van der Waals surface area (Å²) in [5, 5.41) is 25.0. The first-order chi connectivity index (χ1) is 9.63. The monoisotopic (exact) mass is 291 g/mol.